The number of methoxy groups -OCH3 is 1. The third-order valence-corrected chi connectivity index (χ3v) is 6.59. The molecule has 0 aliphatic carbocycles. The lowest BCUT2D eigenvalue weighted by molar-refractivity contribution is -0.133. The van der Waals surface area contributed by atoms with Gasteiger partial charge in [0.2, 0.25) is 11.9 Å². The number of nitrogens with zero attached hydrogens (tertiary/aromatic N) is 5. The molecular weight excluding hydrogens is 444 g/mol. The molecule has 35 heavy (non-hydrogen) atoms. The molecule has 1 amide bonds. The van der Waals surface area contributed by atoms with E-state index in [2.05, 4.69) is 52.6 Å². The molecule has 0 radical (unpaired) electrons. The number of aromatic amines is 1. The first-order valence-electron chi connectivity index (χ1n) is 12.4. The summed E-state index contributed by atoms with van der Waals surface area (Å²) < 4.78 is 5.25. The molecule has 1 N–H and O–H groups in total. The second-order valence-corrected chi connectivity index (χ2v) is 10.6. The molecule has 0 bridgehead atoms. The van der Waals surface area contributed by atoms with Gasteiger partial charge in [-0.15, -0.1) is 0 Å². The van der Waals surface area contributed by atoms with Crippen molar-refractivity contribution in [2.24, 2.45) is 5.41 Å². The SMILES string of the molecule is COc1ccc(N2CCN(Cc3cc(=O)[nH]c(N4CCN(C(=O)CC(C)(C)C)CC4)n3)CC2)cc1. The lowest BCUT2D eigenvalue weighted by Gasteiger charge is -2.37. The molecule has 0 spiro atoms. The number of hydrogen-bond acceptors (Lipinski definition) is 7. The van der Waals surface area contributed by atoms with Crippen LogP contribution in [-0.2, 0) is 11.3 Å². The Morgan fingerprint density at radius 3 is 2.20 bits per heavy atom. The molecular formula is C26H38N6O3. The summed E-state index contributed by atoms with van der Waals surface area (Å²) in [6, 6.07) is 9.76. The van der Waals surface area contributed by atoms with E-state index in [1.54, 1.807) is 13.2 Å². The monoisotopic (exact) mass is 482 g/mol. The van der Waals surface area contributed by atoms with Crippen molar-refractivity contribution in [1.82, 2.24) is 19.8 Å². The maximum absolute atomic E-state index is 12.5. The number of amides is 1. The molecule has 2 saturated heterocycles. The number of H-pyrrole nitrogens is 1. The fraction of sp³-hybridized carbons (Fsp3) is 0.577. The van der Waals surface area contributed by atoms with Crippen LogP contribution in [0.4, 0.5) is 11.6 Å². The van der Waals surface area contributed by atoms with Crippen molar-refractivity contribution in [3.05, 3.63) is 46.4 Å². The van der Waals surface area contributed by atoms with E-state index in [0.29, 0.717) is 45.1 Å². The standard InChI is InChI=1S/C26H38N6O3/c1-26(2,3)18-24(34)31-13-15-32(16-14-31)25-27-20(17-23(33)28-25)19-29-9-11-30(12-10-29)21-5-7-22(35-4)8-6-21/h5-8,17H,9-16,18-19H2,1-4H3,(H,27,28,33). The van der Waals surface area contributed by atoms with Crippen molar-refractivity contribution in [3.8, 4) is 5.75 Å². The van der Waals surface area contributed by atoms with Crippen molar-refractivity contribution >= 4 is 17.5 Å². The van der Waals surface area contributed by atoms with Crippen molar-refractivity contribution < 1.29 is 9.53 Å². The highest BCUT2D eigenvalue weighted by Crippen LogP contribution is 2.22. The fourth-order valence-corrected chi connectivity index (χ4v) is 4.64. The molecule has 190 valence electrons. The Hall–Kier alpha value is -3.07. The largest absolute Gasteiger partial charge is 0.497 e. The lowest BCUT2D eigenvalue weighted by Crippen LogP contribution is -2.50. The van der Waals surface area contributed by atoms with Gasteiger partial charge < -0.3 is 19.4 Å². The predicted octanol–water partition coefficient (Wildman–Crippen LogP) is 2.19. The number of carbonyl (C=O) groups is 1. The number of aromatic nitrogens is 2. The first-order chi connectivity index (χ1) is 16.7. The summed E-state index contributed by atoms with van der Waals surface area (Å²) >= 11 is 0. The molecule has 4 rings (SSSR count). The van der Waals surface area contributed by atoms with Gasteiger partial charge in [0, 0.05) is 77.1 Å². The van der Waals surface area contributed by atoms with Crippen LogP contribution in [0.3, 0.4) is 0 Å². The Morgan fingerprint density at radius 2 is 1.60 bits per heavy atom. The van der Waals surface area contributed by atoms with Gasteiger partial charge in [-0.25, -0.2) is 4.98 Å². The maximum atomic E-state index is 12.5. The van der Waals surface area contributed by atoms with Gasteiger partial charge in [0.15, 0.2) is 0 Å². The van der Waals surface area contributed by atoms with Gasteiger partial charge in [-0.2, -0.15) is 0 Å². The third kappa shape index (κ3) is 6.75. The number of anilines is 2. The van der Waals surface area contributed by atoms with Gasteiger partial charge in [0.05, 0.1) is 12.8 Å². The number of nitrogens with one attached hydrogen (secondary N) is 1. The zero-order valence-electron chi connectivity index (χ0n) is 21.4. The second kappa shape index (κ2) is 10.7. The number of rotatable bonds is 6. The average molecular weight is 483 g/mol. The minimum absolute atomic E-state index is 0.0184. The van der Waals surface area contributed by atoms with Gasteiger partial charge in [-0.3, -0.25) is 19.5 Å². The minimum Gasteiger partial charge on any atom is -0.497 e. The molecule has 2 aliphatic rings. The van der Waals surface area contributed by atoms with Crippen LogP contribution < -0.4 is 20.1 Å². The molecule has 3 heterocycles. The van der Waals surface area contributed by atoms with E-state index in [9.17, 15) is 9.59 Å². The summed E-state index contributed by atoms with van der Waals surface area (Å²) in [7, 11) is 1.68. The van der Waals surface area contributed by atoms with E-state index in [0.717, 1.165) is 37.6 Å². The molecule has 2 fully saturated rings. The van der Waals surface area contributed by atoms with Crippen LogP contribution in [0.2, 0.25) is 0 Å². The van der Waals surface area contributed by atoms with Crippen molar-refractivity contribution in [2.45, 2.75) is 33.7 Å². The number of carbonyl (C=O) groups excluding carboxylic acids is 1. The molecule has 1 aromatic carbocycles. The highest BCUT2D eigenvalue weighted by Gasteiger charge is 2.26. The van der Waals surface area contributed by atoms with Gasteiger partial charge in [0.25, 0.3) is 5.56 Å². The number of benzene rings is 1. The molecule has 0 unspecified atom stereocenters. The zero-order valence-corrected chi connectivity index (χ0v) is 21.4. The first-order valence-corrected chi connectivity index (χ1v) is 12.4. The summed E-state index contributed by atoms with van der Waals surface area (Å²) in [6.45, 7) is 13.2. The maximum Gasteiger partial charge on any atom is 0.252 e. The van der Waals surface area contributed by atoms with Crippen LogP contribution in [0, 0.1) is 5.41 Å². The summed E-state index contributed by atoms with van der Waals surface area (Å²) in [5.74, 6) is 1.66. The number of hydrogen-bond donors (Lipinski definition) is 1. The lowest BCUT2D eigenvalue weighted by atomic mass is 9.91. The van der Waals surface area contributed by atoms with Gasteiger partial charge >= 0.3 is 0 Å². The van der Waals surface area contributed by atoms with Crippen molar-refractivity contribution in [2.75, 3.05) is 69.3 Å². The van der Waals surface area contributed by atoms with Gasteiger partial charge in [-0.05, 0) is 29.7 Å². The van der Waals surface area contributed by atoms with Crippen LogP contribution in [-0.4, -0.2) is 85.1 Å². The summed E-state index contributed by atoms with van der Waals surface area (Å²) in [5.41, 5.74) is 1.83. The van der Waals surface area contributed by atoms with Crippen LogP contribution in [0.1, 0.15) is 32.9 Å². The Balaban J connectivity index is 1.31. The zero-order chi connectivity index (χ0) is 25.0. The molecule has 9 nitrogen and oxygen atoms in total. The number of ether oxygens (including phenoxy) is 1. The summed E-state index contributed by atoms with van der Waals surface area (Å²) in [4.78, 5) is 41.3. The van der Waals surface area contributed by atoms with E-state index in [1.165, 1.54) is 5.69 Å². The minimum atomic E-state index is -0.131. The van der Waals surface area contributed by atoms with Crippen LogP contribution in [0.15, 0.2) is 35.1 Å². The van der Waals surface area contributed by atoms with E-state index < -0.39 is 0 Å². The highest BCUT2D eigenvalue weighted by atomic mass is 16.5. The molecule has 0 atom stereocenters. The Kier molecular flexibility index (Phi) is 7.64. The average Bonchev–Trinajstić information content (AvgIpc) is 2.83. The Labute approximate surface area is 207 Å². The first kappa shape index (κ1) is 25.0. The molecule has 2 aromatic rings. The van der Waals surface area contributed by atoms with E-state index in [1.807, 2.05) is 17.0 Å². The molecule has 1 aromatic heterocycles. The summed E-state index contributed by atoms with van der Waals surface area (Å²) in [6.07, 6.45) is 0.545. The summed E-state index contributed by atoms with van der Waals surface area (Å²) in [5, 5.41) is 0. The van der Waals surface area contributed by atoms with Gasteiger partial charge in [-0.1, -0.05) is 20.8 Å². The molecule has 9 heteroatoms. The van der Waals surface area contributed by atoms with Crippen molar-refractivity contribution in [3.63, 3.8) is 0 Å². The Bertz CT molecular complexity index is 1050. The van der Waals surface area contributed by atoms with Crippen LogP contribution >= 0.6 is 0 Å². The predicted molar refractivity (Wildman–Crippen MR) is 138 cm³/mol. The van der Waals surface area contributed by atoms with Gasteiger partial charge in [0.1, 0.15) is 5.75 Å². The van der Waals surface area contributed by atoms with Crippen LogP contribution in [0.25, 0.3) is 0 Å². The molecule has 2 aliphatic heterocycles. The number of piperazine rings is 2. The molecule has 0 saturated carbocycles. The third-order valence-electron chi connectivity index (χ3n) is 6.59. The normalized spacial score (nSPS) is 17.5. The smallest absolute Gasteiger partial charge is 0.252 e. The van der Waals surface area contributed by atoms with E-state index in [4.69, 9.17) is 9.72 Å². The topological polar surface area (TPSA) is 85.0 Å². The van der Waals surface area contributed by atoms with Crippen molar-refractivity contribution in [1.29, 1.82) is 0 Å². The van der Waals surface area contributed by atoms with Crippen LogP contribution in [0.5, 0.6) is 5.75 Å². The van der Waals surface area contributed by atoms with E-state index in [-0.39, 0.29) is 16.9 Å². The second-order valence-electron chi connectivity index (χ2n) is 10.6. The Morgan fingerprint density at radius 1 is 0.971 bits per heavy atom. The highest BCUT2D eigenvalue weighted by molar-refractivity contribution is 5.77. The fourth-order valence-electron chi connectivity index (χ4n) is 4.64. The quantitative estimate of drug-likeness (QED) is 0.676. The van der Waals surface area contributed by atoms with E-state index >= 15 is 0 Å².